The minimum absolute atomic E-state index is 0.0824. The Morgan fingerprint density at radius 3 is 2.45 bits per heavy atom. The van der Waals surface area contributed by atoms with E-state index in [1.807, 2.05) is 18.4 Å². The summed E-state index contributed by atoms with van der Waals surface area (Å²) >= 11 is 0. The van der Waals surface area contributed by atoms with Crippen LogP contribution in [0.2, 0.25) is 0 Å². The summed E-state index contributed by atoms with van der Waals surface area (Å²) in [5.41, 5.74) is -0.129. The van der Waals surface area contributed by atoms with Crippen LogP contribution < -0.4 is 0 Å². The Morgan fingerprint density at radius 2 is 1.91 bits per heavy atom. The molecule has 0 unspecified atom stereocenters. The third kappa shape index (κ3) is 3.51. The third-order valence-electron chi connectivity index (χ3n) is 3.27. The van der Waals surface area contributed by atoms with Crippen LogP contribution in [0.3, 0.4) is 0 Å². The summed E-state index contributed by atoms with van der Waals surface area (Å²) in [6.45, 7) is 4.28. The molecular weight excluding hydrogens is 306 g/mol. The second-order valence-electron chi connectivity index (χ2n) is 5.20. The van der Waals surface area contributed by atoms with Gasteiger partial charge < -0.3 is 4.57 Å². The molecule has 22 heavy (non-hydrogen) atoms. The zero-order valence-corrected chi connectivity index (χ0v) is 13.2. The van der Waals surface area contributed by atoms with Gasteiger partial charge in [0.15, 0.2) is 9.84 Å². The fraction of sp³-hybridized carbons (Fsp3) is 0.357. The van der Waals surface area contributed by atoms with E-state index < -0.39 is 14.8 Å². The van der Waals surface area contributed by atoms with Crippen molar-refractivity contribution in [2.45, 2.75) is 31.2 Å². The molecule has 7 nitrogen and oxygen atoms in total. The van der Waals surface area contributed by atoms with Crippen LogP contribution in [0.15, 0.2) is 41.6 Å². The lowest BCUT2D eigenvalue weighted by atomic mass is 10.2. The van der Waals surface area contributed by atoms with Crippen molar-refractivity contribution in [3.8, 4) is 0 Å². The lowest BCUT2D eigenvalue weighted by molar-refractivity contribution is -0.384. The van der Waals surface area contributed by atoms with E-state index >= 15 is 0 Å². The van der Waals surface area contributed by atoms with E-state index in [0.29, 0.717) is 6.54 Å². The summed E-state index contributed by atoms with van der Waals surface area (Å²) in [7, 11) is -3.49. The van der Waals surface area contributed by atoms with Gasteiger partial charge in [0.05, 0.1) is 15.6 Å². The van der Waals surface area contributed by atoms with E-state index in [4.69, 9.17) is 0 Å². The normalized spacial score (nSPS) is 11.8. The van der Waals surface area contributed by atoms with Crippen molar-refractivity contribution in [2.24, 2.45) is 0 Å². The van der Waals surface area contributed by atoms with E-state index in [2.05, 4.69) is 4.98 Å². The van der Waals surface area contributed by atoms with Crippen LogP contribution in [0.4, 0.5) is 5.69 Å². The summed E-state index contributed by atoms with van der Waals surface area (Å²) in [6, 6.07) is 4.93. The lowest BCUT2D eigenvalue weighted by Crippen LogP contribution is -2.15. The lowest BCUT2D eigenvalue weighted by Gasteiger charge is -2.10. The molecule has 2 aromatic rings. The number of nitro benzene ring substituents is 1. The second kappa shape index (κ2) is 6.27. The van der Waals surface area contributed by atoms with E-state index in [0.717, 1.165) is 5.82 Å². The Bertz CT molecular complexity index is 764. The summed E-state index contributed by atoms with van der Waals surface area (Å²) < 4.78 is 26.4. The number of imidazole rings is 1. The van der Waals surface area contributed by atoms with Gasteiger partial charge in [-0.15, -0.1) is 0 Å². The highest BCUT2D eigenvalue weighted by molar-refractivity contribution is 7.91. The Morgan fingerprint density at radius 1 is 1.27 bits per heavy atom. The number of hydrogen-bond donors (Lipinski definition) is 0. The first-order chi connectivity index (χ1) is 10.3. The Hall–Kier alpha value is -2.22. The quantitative estimate of drug-likeness (QED) is 0.601. The topological polar surface area (TPSA) is 95.1 Å². The molecule has 0 bridgehead atoms. The standard InChI is InChI=1S/C14H17N3O4S/c1-11(2)14-15-7-8-16(14)9-10-22(20,21)13-5-3-12(4-6-13)17(18)19/h3-8,11H,9-10H2,1-2H3. The molecule has 1 aromatic heterocycles. The molecule has 0 aliphatic heterocycles. The van der Waals surface area contributed by atoms with Crippen LogP contribution in [-0.4, -0.2) is 28.6 Å². The monoisotopic (exact) mass is 323 g/mol. The van der Waals surface area contributed by atoms with Gasteiger partial charge in [-0.1, -0.05) is 13.8 Å². The molecule has 0 amide bonds. The predicted octanol–water partition coefficient (Wildman–Crippen LogP) is 2.39. The number of rotatable bonds is 6. The van der Waals surface area contributed by atoms with Crippen LogP contribution in [0.5, 0.6) is 0 Å². The molecule has 1 heterocycles. The molecule has 0 spiro atoms. The van der Waals surface area contributed by atoms with Crippen LogP contribution in [0.1, 0.15) is 25.6 Å². The first-order valence-electron chi connectivity index (χ1n) is 6.79. The van der Waals surface area contributed by atoms with E-state index in [9.17, 15) is 18.5 Å². The van der Waals surface area contributed by atoms with E-state index in [1.165, 1.54) is 24.3 Å². The Balaban J connectivity index is 2.14. The second-order valence-corrected chi connectivity index (χ2v) is 7.31. The molecule has 0 atom stereocenters. The zero-order valence-electron chi connectivity index (χ0n) is 12.3. The van der Waals surface area contributed by atoms with Crippen molar-refractivity contribution in [2.75, 3.05) is 5.75 Å². The molecule has 0 aliphatic carbocycles. The molecular formula is C14H17N3O4S. The zero-order chi connectivity index (χ0) is 16.3. The number of nitrogens with zero attached hydrogens (tertiary/aromatic N) is 3. The summed E-state index contributed by atoms with van der Waals surface area (Å²) in [5.74, 6) is 0.955. The maximum absolute atomic E-state index is 12.3. The minimum Gasteiger partial charge on any atom is -0.334 e. The molecule has 0 aliphatic rings. The van der Waals surface area contributed by atoms with Gasteiger partial charge in [-0.05, 0) is 12.1 Å². The number of aromatic nitrogens is 2. The number of hydrogen-bond acceptors (Lipinski definition) is 5. The number of aryl methyl sites for hydroxylation is 1. The first kappa shape index (κ1) is 16.2. The highest BCUT2D eigenvalue weighted by atomic mass is 32.2. The minimum atomic E-state index is -3.49. The third-order valence-corrected chi connectivity index (χ3v) is 4.98. The first-order valence-corrected chi connectivity index (χ1v) is 8.45. The molecule has 0 radical (unpaired) electrons. The van der Waals surface area contributed by atoms with Crippen molar-refractivity contribution in [3.05, 3.63) is 52.6 Å². The van der Waals surface area contributed by atoms with Gasteiger partial charge in [0.25, 0.3) is 5.69 Å². The van der Waals surface area contributed by atoms with Crippen LogP contribution >= 0.6 is 0 Å². The number of benzene rings is 1. The van der Waals surface area contributed by atoms with E-state index in [1.54, 1.807) is 12.4 Å². The summed E-state index contributed by atoms with van der Waals surface area (Å²) in [4.78, 5) is 14.3. The van der Waals surface area contributed by atoms with Gasteiger partial charge in [-0.2, -0.15) is 0 Å². The molecule has 8 heteroatoms. The average molecular weight is 323 g/mol. The molecule has 1 aromatic carbocycles. The maximum atomic E-state index is 12.3. The van der Waals surface area contributed by atoms with Crippen molar-refractivity contribution in [1.82, 2.24) is 9.55 Å². The smallest absolute Gasteiger partial charge is 0.269 e. The number of non-ortho nitro benzene ring substituents is 1. The van der Waals surface area contributed by atoms with Gasteiger partial charge in [0.1, 0.15) is 5.82 Å². The summed E-state index contributed by atoms with van der Waals surface area (Å²) in [5, 5.41) is 10.6. The predicted molar refractivity (Wildman–Crippen MR) is 81.5 cm³/mol. The van der Waals surface area contributed by atoms with Crippen molar-refractivity contribution < 1.29 is 13.3 Å². The van der Waals surface area contributed by atoms with Crippen LogP contribution in [-0.2, 0) is 16.4 Å². The van der Waals surface area contributed by atoms with Gasteiger partial charge in [-0.3, -0.25) is 10.1 Å². The molecule has 0 fully saturated rings. The largest absolute Gasteiger partial charge is 0.334 e. The number of sulfone groups is 1. The molecule has 118 valence electrons. The fourth-order valence-corrected chi connectivity index (χ4v) is 3.35. The molecule has 2 rings (SSSR count). The van der Waals surface area contributed by atoms with Crippen molar-refractivity contribution in [3.63, 3.8) is 0 Å². The number of nitro groups is 1. The molecule has 0 saturated heterocycles. The fourth-order valence-electron chi connectivity index (χ4n) is 2.12. The van der Waals surface area contributed by atoms with Crippen molar-refractivity contribution in [1.29, 1.82) is 0 Å². The Labute approximate surface area is 128 Å². The summed E-state index contributed by atoms with van der Waals surface area (Å²) in [6.07, 6.45) is 3.40. The SMILES string of the molecule is CC(C)c1nccn1CCS(=O)(=O)c1ccc([N+](=O)[O-])cc1. The van der Waals surface area contributed by atoms with Gasteiger partial charge >= 0.3 is 0 Å². The highest BCUT2D eigenvalue weighted by Gasteiger charge is 2.17. The van der Waals surface area contributed by atoms with Crippen LogP contribution in [0, 0.1) is 10.1 Å². The molecule has 0 saturated carbocycles. The van der Waals surface area contributed by atoms with Crippen LogP contribution in [0.25, 0.3) is 0 Å². The maximum Gasteiger partial charge on any atom is 0.269 e. The Kier molecular flexibility index (Phi) is 4.60. The highest BCUT2D eigenvalue weighted by Crippen LogP contribution is 2.18. The van der Waals surface area contributed by atoms with E-state index in [-0.39, 0.29) is 22.3 Å². The van der Waals surface area contributed by atoms with Crippen molar-refractivity contribution >= 4 is 15.5 Å². The molecule has 0 N–H and O–H groups in total. The van der Waals surface area contributed by atoms with Gasteiger partial charge in [0, 0.05) is 37.0 Å². The van der Waals surface area contributed by atoms with Gasteiger partial charge in [0.2, 0.25) is 0 Å². The van der Waals surface area contributed by atoms with Gasteiger partial charge in [-0.25, -0.2) is 13.4 Å². The average Bonchev–Trinajstić information content (AvgIpc) is 2.94.